The summed E-state index contributed by atoms with van der Waals surface area (Å²) in [5.41, 5.74) is 2.11. The van der Waals surface area contributed by atoms with Crippen LogP contribution in [0.2, 0.25) is 0 Å². The average Bonchev–Trinajstić information content (AvgIpc) is 3.29. The first kappa shape index (κ1) is 18.5. The van der Waals surface area contributed by atoms with Gasteiger partial charge in [0.1, 0.15) is 5.70 Å². The average molecular weight is 365 g/mol. The van der Waals surface area contributed by atoms with Crippen molar-refractivity contribution in [1.82, 2.24) is 15.2 Å². The molecule has 0 aliphatic heterocycles. The van der Waals surface area contributed by atoms with Crippen LogP contribution in [-0.4, -0.2) is 22.4 Å². The molecule has 0 fully saturated rings. The van der Waals surface area contributed by atoms with Gasteiger partial charge < -0.3 is 19.6 Å². The minimum Gasteiger partial charge on any atom is -0.459 e. The lowest BCUT2D eigenvalue weighted by Gasteiger charge is -2.12. The fourth-order valence-corrected chi connectivity index (χ4v) is 2.90. The zero-order chi connectivity index (χ0) is 19.4. The molecule has 2 heterocycles. The summed E-state index contributed by atoms with van der Waals surface area (Å²) >= 11 is 0. The van der Waals surface area contributed by atoms with E-state index in [1.54, 1.807) is 18.2 Å². The maximum atomic E-state index is 12.6. The summed E-state index contributed by atoms with van der Waals surface area (Å²) in [5.74, 6) is -0.670. The number of nitrogens with zero attached hydrogens (tertiary/aromatic N) is 1. The van der Waals surface area contributed by atoms with E-state index in [-0.39, 0.29) is 23.4 Å². The lowest BCUT2D eigenvalue weighted by molar-refractivity contribution is -0.118. The molecule has 3 rings (SSSR count). The van der Waals surface area contributed by atoms with Crippen molar-refractivity contribution < 1.29 is 14.0 Å². The highest BCUT2D eigenvalue weighted by molar-refractivity contribution is 6.06. The fraction of sp³-hybridized carbons (Fsp3) is 0.238. The van der Waals surface area contributed by atoms with E-state index in [1.165, 1.54) is 6.26 Å². The second-order valence-corrected chi connectivity index (χ2v) is 6.51. The monoisotopic (exact) mass is 365 g/mol. The molecule has 0 saturated heterocycles. The fourth-order valence-electron chi connectivity index (χ4n) is 2.90. The van der Waals surface area contributed by atoms with Gasteiger partial charge in [-0.25, -0.2) is 0 Å². The number of carbonyl (C=O) groups excluding carboxylic acids is 2. The molecule has 140 valence electrons. The van der Waals surface area contributed by atoms with Crippen molar-refractivity contribution in [1.29, 1.82) is 0 Å². The highest BCUT2D eigenvalue weighted by Crippen LogP contribution is 2.23. The number of furan rings is 1. The molecule has 2 amide bonds. The summed E-state index contributed by atoms with van der Waals surface area (Å²) in [4.78, 5) is 25.0. The molecule has 0 spiro atoms. The number of benzene rings is 1. The molecule has 0 aliphatic rings. The largest absolute Gasteiger partial charge is 0.459 e. The van der Waals surface area contributed by atoms with Gasteiger partial charge in [0, 0.05) is 35.2 Å². The van der Waals surface area contributed by atoms with Gasteiger partial charge in [-0.05, 0) is 45.0 Å². The normalized spacial score (nSPS) is 11.8. The van der Waals surface area contributed by atoms with Crippen molar-refractivity contribution >= 4 is 28.8 Å². The molecule has 0 aliphatic carbocycles. The number of hydrogen-bond acceptors (Lipinski definition) is 3. The third kappa shape index (κ3) is 4.11. The zero-order valence-corrected chi connectivity index (χ0v) is 15.7. The van der Waals surface area contributed by atoms with Gasteiger partial charge in [0.05, 0.1) is 6.26 Å². The Labute approximate surface area is 157 Å². The van der Waals surface area contributed by atoms with Crippen molar-refractivity contribution in [3.63, 3.8) is 0 Å². The molecule has 6 heteroatoms. The summed E-state index contributed by atoms with van der Waals surface area (Å²) in [5, 5.41) is 6.51. The number of amides is 2. The van der Waals surface area contributed by atoms with E-state index < -0.39 is 5.91 Å². The predicted molar refractivity (Wildman–Crippen MR) is 105 cm³/mol. The molecule has 0 unspecified atom stereocenters. The molecule has 2 aromatic heterocycles. The van der Waals surface area contributed by atoms with Crippen LogP contribution in [0.5, 0.6) is 0 Å². The Morgan fingerprint density at radius 2 is 1.96 bits per heavy atom. The Morgan fingerprint density at radius 3 is 2.63 bits per heavy atom. The Morgan fingerprint density at radius 1 is 1.19 bits per heavy atom. The predicted octanol–water partition coefficient (Wildman–Crippen LogP) is 3.55. The summed E-state index contributed by atoms with van der Waals surface area (Å²) in [7, 11) is 0. The van der Waals surface area contributed by atoms with Crippen molar-refractivity contribution in [2.75, 3.05) is 0 Å². The Hall–Kier alpha value is -3.28. The number of aryl methyl sites for hydroxylation is 1. The van der Waals surface area contributed by atoms with E-state index in [0.29, 0.717) is 0 Å². The molecule has 3 aromatic rings. The SMILES string of the molecule is CCn1cc(/C=C(\NC(=O)c2ccco2)C(=O)NC(C)C)c2ccccc21. The first-order chi connectivity index (χ1) is 13.0. The van der Waals surface area contributed by atoms with Crippen molar-refractivity contribution in [3.8, 4) is 0 Å². The molecule has 0 bridgehead atoms. The van der Waals surface area contributed by atoms with Crippen LogP contribution in [0.25, 0.3) is 17.0 Å². The highest BCUT2D eigenvalue weighted by atomic mass is 16.3. The van der Waals surface area contributed by atoms with Gasteiger partial charge in [-0.2, -0.15) is 0 Å². The zero-order valence-electron chi connectivity index (χ0n) is 15.7. The lowest BCUT2D eigenvalue weighted by atomic mass is 10.1. The summed E-state index contributed by atoms with van der Waals surface area (Å²) in [6.45, 7) is 6.60. The van der Waals surface area contributed by atoms with Crippen molar-refractivity contribution in [2.45, 2.75) is 33.4 Å². The highest BCUT2D eigenvalue weighted by Gasteiger charge is 2.18. The second kappa shape index (κ2) is 7.95. The van der Waals surface area contributed by atoms with Crippen LogP contribution in [0.1, 0.15) is 36.9 Å². The first-order valence-corrected chi connectivity index (χ1v) is 8.95. The van der Waals surface area contributed by atoms with Gasteiger partial charge in [0.15, 0.2) is 5.76 Å². The second-order valence-electron chi connectivity index (χ2n) is 6.51. The van der Waals surface area contributed by atoms with E-state index >= 15 is 0 Å². The number of hydrogen-bond donors (Lipinski definition) is 2. The molecular weight excluding hydrogens is 342 g/mol. The maximum Gasteiger partial charge on any atom is 0.291 e. The molecular formula is C21H23N3O3. The van der Waals surface area contributed by atoms with Gasteiger partial charge in [-0.15, -0.1) is 0 Å². The van der Waals surface area contributed by atoms with Gasteiger partial charge in [0.2, 0.25) is 0 Å². The molecule has 0 saturated carbocycles. The minimum atomic E-state index is -0.468. The number of para-hydroxylation sites is 1. The van der Waals surface area contributed by atoms with Crippen LogP contribution in [0, 0.1) is 0 Å². The van der Waals surface area contributed by atoms with Crippen LogP contribution in [-0.2, 0) is 11.3 Å². The molecule has 6 nitrogen and oxygen atoms in total. The summed E-state index contributed by atoms with van der Waals surface area (Å²) in [6.07, 6.45) is 5.10. The molecule has 0 radical (unpaired) electrons. The third-order valence-electron chi connectivity index (χ3n) is 4.12. The van der Waals surface area contributed by atoms with Crippen molar-refractivity contribution in [2.24, 2.45) is 0 Å². The maximum absolute atomic E-state index is 12.6. The first-order valence-electron chi connectivity index (χ1n) is 8.95. The van der Waals surface area contributed by atoms with Gasteiger partial charge in [-0.1, -0.05) is 18.2 Å². The van der Waals surface area contributed by atoms with Crippen LogP contribution in [0.15, 0.2) is 59.0 Å². The number of fused-ring (bicyclic) bond motifs is 1. The number of rotatable bonds is 6. The lowest BCUT2D eigenvalue weighted by Crippen LogP contribution is -2.38. The number of carbonyl (C=O) groups is 2. The molecule has 0 atom stereocenters. The number of aromatic nitrogens is 1. The van der Waals surface area contributed by atoms with E-state index in [9.17, 15) is 9.59 Å². The van der Waals surface area contributed by atoms with Gasteiger partial charge in [-0.3, -0.25) is 9.59 Å². The Bertz CT molecular complexity index is 981. The van der Waals surface area contributed by atoms with Crippen LogP contribution >= 0.6 is 0 Å². The van der Waals surface area contributed by atoms with Gasteiger partial charge >= 0.3 is 0 Å². The topological polar surface area (TPSA) is 76.3 Å². The quantitative estimate of drug-likeness (QED) is 0.656. The van der Waals surface area contributed by atoms with Crippen molar-refractivity contribution in [3.05, 3.63) is 65.9 Å². The molecule has 2 N–H and O–H groups in total. The number of nitrogens with one attached hydrogen (secondary N) is 2. The summed E-state index contributed by atoms with van der Waals surface area (Å²) < 4.78 is 7.23. The molecule has 1 aromatic carbocycles. The van der Waals surface area contributed by atoms with Crippen LogP contribution in [0.3, 0.4) is 0 Å². The standard InChI is InChI=1S/C21H23N3O3/c1-4-24-13-15(16-8-5-6-9-18(16)24)12-17(20(25)22-14(2)3)23-21(26)19-10-7-11-27-19/h5-14H,4H2,1-3H3,(H,22,25)(H,23,26)/b17-12-. The van der Waals surface area contributed by atoms with Crippen LogP contribution < -0.4 is 10.6 Å². The van der Waals surface area contributed by atoms with E-state index in [1.807, 2.05) is 44.3 Å². The van der Waals surface area contributed by atoms with E-state index in [0.717, 1.165) is 23.0 Å². The van der Waals surface area contributed by atoms with Gasteiger partial charge in [0.25, 0.3) is 11.8 Å². The molecule has 27 heavy (non-hydrogen) atoms. The summed E-state index contributed by atoms with van der Waals surface area (Å²) in [6, 6.07) is 11.1. The van der Waals surface area contributed by atoms with Crippen LogP contribution in [0.4, 0.5) is 0 Å². The Kier molecular flexibility index (Phi) is 5.45. The minimum absolute atomic E-state index is 0.0570. The van der Waals surface area contributed by atoms with E-state index in [2.05, 4.69) is 22.1 Å². The Balaban J connectivity index is 2.02. The smallest absolute Gasteiger partial charge is 0.291 e. The van der Waals surface area contributed by atoms with E-state index in [4.69, 9.17) is 4.42 Å². The third-order valence-corrected chi connectivity index (χ3v) is 4.12.